The number of nitrogens with zero attached hydrogens (tertiary/aromatic N) is 1. The van der Waals surface area contributed by atoms with Crippen LogP contribution < -0.4 is 10.1 Å². The number of pyridine rings is 1. The van der Waals surface area contributed by atoms with E-state index in [9.17, 15) is 9.90 Å². The number of hydrogen-bond acceptors (Lipinski definition) is 4. The highest BCUT2D eigenvalue weighted by atomic mass is 16.5. The number of ether oxygens (including phenoxy) is 1. The number of hydrogen-bond donors (Lipinski definition) is 2. The molecule has 20 heavy (non-hydrogen) atoms. The van der Waals surface area contributed by atoms with E-state index in [1.54, 1.807) is 18.3 Å². The minimum atomic E-state index is -0.544. The normalized spacial score (nSPS) is 12.6. The van der Waals surface area contributed by atoms with Crippen molar-refractivity contribution >= 4 is 5.91 Å². The van der Waals surface area contributed by atoms with E-state index in [1.165, 1.54) is 0 Å². The minimum absolute atomic E-state index is 0.0303. The van der Waals surface area contributed by atoms with Crippen molar-refractivity contribution in [2.75, 3.05) is 6.54 Å². The van der Waals surface area contributed by atoms with E-state index in [4.69, 9.17) is 4.74 Å². The molecule has 5 heteroatoms. The fraction of sp³-hybridized carbons (Fsp3) is 0.600. The summed E-state index contributed by atoms with van der Waals surface area (Å²) in [6.45, 7) is 8.05. The van der Waals surface area contributed by atoms with Crippen LogP contribution in [-0.4, -0.2) is 34.8 Å². The van der Waals surface area contributed by atoms with Crippen LogP contribution in [0, 0.1) is 5.92 Å². The first-order valence-corrected chi connectivity index (χ1v) is 6.98. The largest absolute Gasteiger partial charge is 0.489 e. The highest BCUT2D eigenvalue weighted by molar-refractivity contribution is 5.94. The predicted octanol–water partition coefficient (Wildman–Crippen LogP) is 2.01. The van der Waals surface area contributed by atoms with Crippen molar-refractivity contribution in [3.05, 3.63) is 24.0 Å². The van der Waals surface area contributed by atoms with Gasteiger partial charge in [0.15, 0.2) is 11.4 Å². The van der Waals surface area contributed by atoms with Gasteiger partial charge in [0.1, 0.15) is 0 Å². The molecule has 5 nitrogen and oxygen atoms in total. The molecule has 0 aliphatic carbocycles. The maximum Gasteiger partial charge on any atom is 0.273 e. The molecule has 0 radical (unpaired) electrons. The van der Waals surface area contributed by atoms with Crippen LogP contribution in [0.15, 0.2) is 18.3 Å². The molecule has 1 rings (SSSR count). The zero-order valence-electron chi connectivity index (χ0n) is 12.6. The number of amides is 1. The fourth-order valence-corrected chi connectivity index (χ4v) is 1.83. The van der Waals surface area contributed by atoms with Crippen molar-refractivity contribution in [1.82, 2.24) is 10.3 Å². The van der Waals surface area contributed by atoms with Crippen molar-refractivity contribution in [3.8, 4) is 5.75 Å². The van der Waals surface area contributed by atoms with E-state index >= 15 is 0 Å². The molecule has 0 saturated heterocycles. The molecule has 1 unspecified atom stereocenters. The smallest absolute Gasteiger partial charge is 0.273 e. The Bertz CT molecular complexity index is 433. The van der Waals surface area contributed by atoms with Gasteiger partial charge in [0, 0.05) is 12.7 Å². The molecule has 0 fully saturated rings. The molecule has 1 atom stereocenters. The molecule has 0 aliphatic heterocycles. The van der Waals surface area contributed by atoms with Crippen LogP contribution in [-0.2, 0) is 0 Å². The Morgan fingerprint density at radius 2 is 2.10 bits per heavy atom. The van der Waals surface area contributed by atoms with E-state index < -0.39 is 6.10 Å². The van der Waals surface area contributed by atoms with Gasteiger partial charge < -0.3 is 15.2 Å². The zero-order chi connectivity index (χ0) is 15.1. The van der Waals surface area contributed by atoms with Gasteiger partial charge in [0.05, 0.1) is 12.2 Å². The SMILES string of the molecule is CC(C)CC(O)CNC(=O)c1ncccc1OC(C)C. The number of aromatic nitrogens is 1. The van der Waals surface area contributed by atoms with Gasteiger partial charge >= 0.3 is 0 Å². The van der Waals surface area contributed by atoms with Crippen LogP contribution in [0.3, 0.4) is 0 Å². The highest BCUT2D eigenvalue weighted by Crippen LogP contribution is 2.16. The lowest BCUT2D eigenvalue weighted by Gasteiger charge is -2.15. The molecule has 1 aromatic heterocycles. The average Bonchev–Trinajstić information content (AvgIpc) is 2.35. The summed E-state index contributed by atoms with van der Waals surface area (Å²) >= 11 is 0. The molecule has 0 spiro atoms. The molecule has 112 valence electrons. The topological polar surface area (TPSA) is 71.5 Å². The predicted molar refractivity (Wildman–Crippen MR) is 77.8 cm³/mol. The maximum atomic E-state index is 12.1. The van der Waals surface area contributed by atoms with Gasteiger partial charge in [-0.15, -0.1) is 0 Å². The quantitative estimate of drug-likeness (QED) is 0.801. The molecule has 0 bridgehead atoms. The van der Waals surface area contributed by atoms with E-state index in [0.29, 0.717) is 18.1 Å². The number of nitrogens with one attached hydrogen (secondary N) is 1. The summed E-state index contributed by atoms with van der Waals surface area (Å²) in [7, 11) is 0. The van der Waals surface area contributed by atoms with Gasteiger partial charge in [0.2, 0.25) is 0 Å². The summed E-state index contributed by atoms with van der Waals surface area (Å²) < 4.78 is 5.55. The maximum absolute atomic E-state index is 12.1. The van der Waals surface area contributed by atoms with Crippen molar-refractivity contribution in [1.29, 1.82) is 0 Å². The third-order valence-corrected chi connectivity index (χ3v) is 2.59. The van der Waals surface area contributed by atoms with Gasteiger partial charge in [-0.25, -0.2) is 4.98 Å². The van der Waals surface area contributed by atoms with Gasteiger partial charge in [0.25, 0.3) is 5.91 Å². The summed E-state index contributed by atoms with van der Waals surface area (Å²) in [6.07, 6.45) is 1.62. The molecule has 1 amide bonds. The first kappa shape index (κ1) is 16.4. The number of carbonyl (C=O) groups excluding carboxylic acids is 1. The van der Waals surface area contributed by atoms with Crippen molar-refractivity contribution in [3.63, 3.8) is 0 Å². The van der Waals surface area contributed by atoms with Crippen LogP contribution >= 0.6 is 0 Å². The second-order valence-corrected chi connectivity index (χ2v) is 5.51. The Balaban J connectivity index is 2.63. The summed E-state index contributed by atoms with van der Waals surface area (Å²) in [6, 6.07) is 3.44. The van der Waals surface area contributed by atoms with Crippen LogP contribution in [0.4, 0.5) is 0 Å². The summed E-state index contributed by atoms with van der Waals surface area (Å²) in [5.74, 6) is 0.513. The molecule has 1 heterocycles. The second kappa shape index (κ2) is 7.85. The molecule has 0 saturated carbocycles. The van der Waals surface area contributed by atoms with Gasteiger partial charge in [-0.05, 0) is 38.3 Å². The lowest BCUT2D eigenvalue weighted by atomic mass is 10.1. The van der Waals surface area contributed by atoms with Crippen LogP contribution in [0.1, 0.15) is 44.6 Å². The number of carbonyl (C=O) groups is 1. The van der Waals surface area contributed by atoms with Gasteiger partial charge in [-0.1, -0.05) is 13.8 Å². The summed E-state index contributed by atoms with van der Waals surface area (Å²) in [4.78, 5) is 16.1. The van der Waals surface area contributed by atoms with E-state index in [1.807, 2.05) is 27.7 Å². The van der Waals surface area contributed by atoms with Crippen LogP contribution in [0.2, 0.25) is 0 Å². The lowest BCUT2D eigenvalue weighted by molar-refractivity contribution is 0.0889. The third-order valence-electron chi connectivity index (χ3n) is 2.59. The number of aliphatic hydroxyl groups excluding tert-OH is 1. The zero-order valence-corrected chi connectivity index (χ0v) is 12.6. The molecule has 1 aromatic rings. The first-order valence-electron chi connectivity index (χ1n) is 6.98. The first-order chi connectivity index (χ1) is 9.40. The van der Waals surface area contributed by atoms with E-state index in [0.717, 1.165) is 0 Å². The molecule has 0 aromatic carbocycles. The Kier molecular flexibility index (Phi) is 6.45. The Hall–Kier alpha value is -1.62. The molecular weight excluding hydrogens is 256 g/mol. The summed E-state index contributed by atoms with van der Waals surface area (Å²) in [5.41, 5.74) is 0.248. The van der Waals surface area contributed by atoms with Gasteiger partial charge in [-0.3, -0.25) is 4.79 Å². The number of aliphatic hydroxyl groups is 1. The fourth-order valence-electron chi connectivity index (χ4n) is 1.83. The van der Waals surface area contributed by atoms with Crippen LogP contribution in [0.25, 0.3) is 0 Å². The molecule has 2 N–H and O–H groups in total. The van der Waals surface area contributed by atoms with Crippen molar-refractivity contribution in [2.24, 2.45) is 5.92 Å². The number of rotatable bonds is 7. The van der Waals surface area contributed by atoms with Crippen molar-refractivity contribution < 1.29 is 14.6 Å². The Labute approximate surface area is 120 Å². The van der Waals surface area contributed by atoms with E-state index in [2.05, 4.69) is 10.3 Å². The second-order valence-electron chi connectivity index (χ2n) is 5.51. The standard InChI is InChI=1S/C15H24N2O3/c1-10(2)8-12(18)9-17-15(19)14-13(20-11(3)4)6-5-7-16-14/h5-7,10-12,18H,8-9H2,1-4H3,(H,17,19). The average molecular weight is 280 g/mol. The third kappa shape index (κ3) is 5.57. The highest BCUT2D eigenvalue weighted by Gasteiger charge is 2.16. The van der Waals surface area contributed by atoms with Gasteiger partial charge in [-0.2, -0.15) is 0 Å². The van der Waals surface area contributed by atoms with Crippen molar-refractivity contribution in [2.45, 2.75) is 46.3 Å². The Morgan fingerprint density at radius 1 is 1.40 bits per heavy atom. The monoisotopic (exact) mass is 280 g/mol. The minimum Gasteiger partial charge on any atom is -0.489 e. The van der Waals surface area contributed by atoms with Crippen LogP contribution in [0.5, 0.6) is 5.75 Å². The Morgan fingerprint density at radius 3 is 2.70 bits per heavy atom. The lowest BCUT2D eigenvalue weighted by Crippen LogP contribution is -2.33. The summed E-state index contributed by atoms with van der Waals surface area (Å²) in [5, 5.41) is 12.5. The van der Waals surface area contributed by atoms with E-state index in [-0.39, 0.29) is 24.2 Å². The molecule has 0 aliphatic rings. The molecular formula is C15H24N2O3.